The lowest BCUT2D eigenvalue weighted by Gasteiger charge is -2.24. The Morgan fingerprint density at radius 2 is 1.81 bits per heavy atom. The fourth-order valence-electron chi connectivity index (χ4n) is 3.14. The Labute approximate surface area is 157 Å². The van der Waals surface area contributed by atoms with E-state index < -0.39 is 5.92 Å². The molecule has 1 saturated carbocycles. The second-order valence-electron chi connectivity index (χ2n) is 6.41. The van der Waals surface area contributed by atoms with Crippen LogP contribution in [0.15, 0.2) is 53.5 Å². The molecule has 2 aromatic rings. The van der Waals surface area contributed by atoms with E-state index >= 15 is 0 Å². The molecule has 0 spiro atoms. The predicted octanol–water partition coefficient (Wildman–Crippen LogP) is 4.25. The molecule has 0 amide bonds. The fourth-order valence-corrected chi connectivity index (χ4v) is 3.27. The molecule has 5 heteroatoms. The summed E-state index contributed by atoms with van der Waals surface area (Å²) in [6.45, 7) is 0.424. The maximum Gasteiger partial charge on any atom is 0.149 e. The van der Waals surface area contributed by atoms with Crippen LogP contribution in [-0.2, 0) is 16.1 Å². The zero-order valence-corrected chi connectivity index (χ0v) is 15.3. The van der Waals surface area contributed by atoms with E-state index in [0.29, 0.717) is 24.4 Å². The number of halogens is 1. The third-order valence-electron chi connectivity index (χ3n) is 4.60. The van der Waals surface area contributed by atoms with Gasteiger partial charge in [-0.1, -0.05) is 35.9 Å². The molecule has 3 rings (SSSR count). The summed E-state index contributed by atoms with van der Waals surface area (Å²) in [7, 11) is 1.60. The van der Waals surface area contributed by atoms with Gasteiger partial charge in [0.25, 0.3) is 0 Å². The number of carbonyl (C=O) groups excluding carboxylic acids is 2. The number of hydrogen-bond acceptors (Lipinski definition) is 4. The van der Waals surface area contributed by atoms with Gasteiger partial charge in [-0.15, -0.1) is 0 Å². The van der Waals surface area contributed by atoms with Crippen LogP contribution >= 0.6 is 11.6 Å². The summed E-state index contributed by atoms with van der Waals surface area (Å²) in [6.07, 6.45) is 2.19. The van der Waals surface area contributed by atoms with E-state index in [9.17, 15) is 9.59 Å². The van der Waals surface area contributed by atoms with Gasteiger partial charge >= 0.3 is 0 Å². The molecule has 0 saturated heterocycles. The third-order valence-corrected chi connectivity index (χ3v) is 4.85. The Hall–Kier alpha value is -2.46. The number of Topliss-reactive ketones (excluding diaryl/α,β-unsaturated/α-hetero) is 2. The van der Waals surface area contributed by atoms with Crippen LogP contribution in [0.2, 0.25) is 5.02 Å². The van der Waals surface area contributed by atoms with Gasteiger partial charge in [0, 0.05) is 24.1 Å². The van der Waals surface area contributed by atoms with Crippen LogP contribution < -0.4 is 4.74 Å². The fraction of sp³-hybridized carbons (Fsp3) is 0.286. The molecule has 0 aromatic heterocycles. The molecule has 1 aliphatic carbocycles. The number of benzene rings is 2. The second kappa shape index (κ2) is 8.28. The Kier molecular flexibility index (Phi) is 5.84. The first-order valence-electron chi connectivity index (χ1n) is 8.50. The zero-order chi connectivity index (χ0) is 18.5. The minimum absolute atomic E-state index is 0.0751. The summed E-state index contributed by atoms with van der Waals surface area (Å²) in [5, 5.41) is 0.666. The molecule has 0 heterocycles. The summed E-state index contributed by atoms with van der Waals surface area (Å²) in [5.74, 6) is -0.243. The van der Waals surface area contributed by atoms with Crippen LogP contribution in [0.1, 0.15) is 29.9 Å². The Morgan fingerprint density at radius 3 is 2.46 bits per heavy atom. The van der Waals surface area contributed by atoms with Crippen molar-refractivity contribution in [3.8, 4) is 5.75 Å². The van der Waals surface area contributed by atoms with Gasteiger partial charge in [0.1, 0.15) is 23.2 Å². The average molecular weight is 370 g/mol. The highest BCUT2D eigenvalue weighted by molar-refractivity contribution is 6.30. The highest BCUT2D eigenvalue weighted by atomic mass is 35.5. The van der Waals surface area contributed by atoms with Crippen LogP contribution in [0.25, 0.3) is 0 Å². The number of methoxy groups -OCH3 is 1. The van der Waals surface area contributed by atoms with E-state index in [1.54, 1.807) is 19.2 Å². The standard InChI is InChI=1S/C21H20ClNO3/c1-26-18-4-2-3-15(9-18)16-10-20(24)19(21(25)11-16)13-23-12-14-5-7-17(22)8-6-14/h2-9,13,16,19H,10-12H2,1H3. The molecule has 0 N–H and O–H groups in total. The monoisotopic (exact) mass is 369 g/mol. The zero-order valence-electron chi connectivity index (χ0n) is 14.5. The van der Waals surface area contributed by atoms with Crippen LogP contribution in [0.3, 0.4) is 0 Å². The maximum atomic E-state index is 12.5. The van der Waals surface area contributed by atoms with E-state index in [0.717, 1.165) is 16.9 Å². The van der Waals surface area contributed by atoms with Gasteiger partial charge < -0.3 is 4.74 Å². The molecule has 0 unspecified atom stereocenters. The molecule has 0 atom stereocenters. The SMILES string of the molecule is COc1cccc(C2CC(=O)C(C=NCc3ccc(Cl)cc3)C(=O)C2)c1. The predicted molar refractivity (Wildman–Crippen MR) is 102 cm³/mol. The van der Waals surface area contributed by atoms with Crippen molar-refractivity contribution in [2.45, 2.75) is 25.3 Å². The number of nitrogens with zero attached hydrogens (tertiary/aromatic N) is 1. The Bertz CT molecular complexity index is 811. The van der Waals surface area contributed by atoms with Crippen molar-refractivity contribution in [3.63, 3.8) is 0 Å². The van der Waals surface area contributed by atoms with E-state index in [1.165, 1.54) is 6.21 Å². The average Bonchev–Trinajstić information content (AvgIpc) is 2.65. The van der Waals surface area contributed by atoms with Crippen LogP contribution in [0.5, 0.6) is 5.75 Å². The van der Waals surface area contributed by atoms with E-state index in [1.807, 2.05) is 36.4 Å². The lowest BCUT2D eigenvalue weighted by atomic mass is 9.77. The normalized spacial score (nSPS) is 20.5. The van der Waals surface area contributed by atoms with Gasteiger partial charge in [0.05, 0.1) is 13.7 Å². The molecule has 0 radical (unpaired) electrons. The van der Waals surface area contributed by atoms with E-state index in [4.69, 9.17) is 16.3 Å². The smallest absolute Gasteiger partial charge is 0.149 e. The largest absolute Gasteiger partial charge is 0.497 e. The van der Waals surface area contributed by atoms with E-state index in [2.05, 4.69) is 4.99 Å². The number of hydrogen-bond donors (Lipinski definition) is 0. The number of carbonyl (C=O) groups is 2. The third kappa shape index (κ3) is 4.38. The van der Waals surface area contributed by atoms with Gasteiger partial charge in [0.15, 0.2) is 0 Å². The van der Waals surface area contributed by atoms with Crippen molar-refractivity contribution in [2.75, 3.05) is 7.11 Å². The molecule has 4 nitrogen and oxygen atoms in total. The number of ether oxygens (including phenoxy) is 1. The Morgan fingerprint density at radius 1 is 1.12 bits per heavy atom. The summed E-state index contributed by atoms with van der Waals surface area (Å²) in [4.78, 5) is 29.2. The molecule has 0 aliphatic heterocycles. The molecular formula is C21H20ClNO3. The van der Waals surface area contributed by atoms with Gasteiger partial charge in [0.2, 0.25) is 0 Å². The summed E-state index contributed by atoms with van der Waals surface area (Å²) >= 11 is 5.85. The highest BCUT2D eigenvalue weighted by Crippen LogP contribution is 2.32. The topological polar surface area (TPSA) is 55.7 Å². The van der Waals surface area contributed by atoms with Gasteiger partial charge in [-0.25, -0.2) is 0 Å². The minimum Gasteiger partial charge on any atom is -0.497 e. The van der Waals surface area contributed by atoms with Crippen molar-refractivity contribution in [2.24, 2.45) is 10.9 Å². The number of ketones is 2. The highest BCUT2D eigenvalue weighted by Gasteiger charge is 2.35. The van der Waals surface area contributed by atoms with Crippen LogP contribution in [0, 0.1) is 5.92 Å². The number of aliphatic imine (C=N–C) groups is 1. The van der Waals surface area contributed by atoms with E-state index in [-0.39, 0.29) is 17.5 Å². The minimum atomic E-state index is -0.732. The summed E-state index contributed by atoms with van der Waals surface area (Å²) in [5.41, 5.74) is 1.94. The number of rotatable bonds is 5. The molecule has 1 aliphatic rings. The van der Waals surface area contributed by atoms with Crippen molar-refractivity contribution in [1.29, 1.82) is 0 Å². The molecular weight excluding hydrogens is 350 g/mol. The lowest BCUT2D eigenvalue weighted by molar-refractivity contribution is -0.133. The lowest BCUT2D eigenvalue weighted by Crippen LogP contribution is -2.33. The van der Waals surface area contributed by atoms with Gasteiger partial charge in [-0.2, -0.15) is 0 Å². The molecule has 26 heavy (non-hydrogen) atoms. The maximum absolute atomic E-state index is 12.5. The Balaban J connectivity index is 1.64. The first-order valence-corrected chi connectivity index (χ1v) is 8.88. The quantitative estimate of drug-likeness (QED) is 0.584. The molecule has 2 aromatic carbocycles. The summed E-state index contributed by atoms with van der Waals surface area (Å²) in [6, 6.07) is 14.9. The summed E-state index contributed by atoms with van der Waals surface area (Å²) < 4.78 is 5.22. The first kappa shape index (κ1) is 18.3. The molecule has 0 bridgehead atoms. The van der Waals surface area contributed by atoms with Crippen molar-refractivity contribution >= 4 is 29.4 Å². The van der Waals surface area contributed by atoms with Gasteiger partial charge in [-0.3, -0.25) is 14.6 Å². The van der Waals surface area contributed by atoms with Crippen LogP contribution in [-0.4, -0.2) is 24.9 Å². The van der Waals surface area contributed by atoms with Crippen LogP contribution in [0.4, 0.5) is 0 Å². The van der Waals surface area contributed by atoms with Gasteiger partial charge in [-0.05, 0) is 41.3 Å². The molecule has 1 fully saturated rings. The first-order chi connectivity index (χ1) is 12.6. The van der Waals surface area contributed by atoms with Crippen molar-refractivity contribution in [3.05, 3.63) is 64.7 Å². The van der Waals surface area contributed by atoms with Crippen molar-refractivity contribution in [1.82, 2.24) is 0 Å². The second-order valence-corrected chi connectivity index (χ2v) is 6.84. The molecule has 134 valence electrons. The van der Waals surface area contributed by atoms with Crippen molar-refractivity contribution < 1.29 is 14.3 Å².